The lowest BCUT2D eigenvalue weighted by molar-refractivity contribution is -0.379. The van der Waals surface area contributed by atoms with Crippen LogP contribution in [0.15, 0.2) is 23.3 Å². The summed E-state index contributed by atoms with van der Waals surface area (Å²) in [5.41, 5.74) is 8.60. The van der Waals surface area contributed by atoms with Crippen molar-refractivity contribution < 1.29 is 19.6 Å². The number of aromatic nitrogens is 1. The predicted octanol–water partition coefficient (Wildman–Crippen LogP) is 2.91. The van der Waals surface area contributed by atoms with Crippen molar-refractivity contribution in [3.8, 4) is 11.5 Å². The molecule has 0 bridgehead atoms. The minimum absolute atomic E-state index is 0.0142. The number of hydrogen-bond acceptors (Lipinski definition) is 5. The molecule has 0 aliphatic heterocycles. The Hall–Kier alpha value is -2.22. The Kier molecular flexibility index (Phi) is 5.94. The summed E-state index contributed by atoms with van der Waals surface area (Å²) in [7, 11) is 1.50. The van der Waals surface area contributed by atoms with Crippen molar-refractivity contribution in [3.05, 3.63) is 44.7 Å². The van der Waals surface area contributed by atoms with Crippen LogP contribution in [-0.4, -0.2) is 23.8 Å². The van der Waals surface area contributed by atoms with Crippen LogP contribution in [0.2, 0.25) is 15.2 Å². The summed E-state index contributed by atoms with van der Waals surface area (Å²) in [6, 6.07) is 4.63. The number of benzene rings is 1. The van der Waals surface area contributed by atoms with Crippen LogP contribution < -0.4 is 20.9 Å². The number of aromatic hydroxyl groups is 1. The smallest absolute Gasteiger partial charge is 0.337 e. The average Bonchev–Trinajstić information content (AvgIpc) is 2.61. The lowest BCUT2D eigenvalue weighted by Gasteiger charge is -2.07. The summed E-state index contributed by atoms with van der Waals surface area (Å²) >= 11 is 17.7. The molecule has 1 aromatic carbocycles. The summed E-state index contributed by atoms with van der Waals surface area (Å²) in [4.78, 5) is 14.8. The third-order valence-corrected chi connectivity index (χ3v) is 4.43. The Morgan fingerprint density at radius 2 is 2.00 bits per heavy atom. The van der Waals surface area contributed by atoms with E-state index in [1.165, 1.54) is 13.2 Å². The first-order valence-corrected chi connectivity index (χ1v) is 7.96. The first kappa shape index (κ1) is 19.1. The van der Waals surface area contributed by atoms with E-state index in [1.807, 2.05) is 0 Å². The molecular weight excluding hydrogens is 391 g/mol. The summed E-state index contributed by atoms with van der Waals surface area (Å²) in [6.45, 7) is 1.60. The maximum atomic E-state index is 12.2. The van der Waals surface area contributed by atoms with Crippen LogP contribution in [0.25, 0.3) is 0 Å². The topological polar surface area (TPSA) is 111 Å². The lowest BCUT2D eigenvalue weighted by atomic mass is 10.1. The highest BCUT2D eigenvalue weighted by molar-refractivity contribution is 6.45. The number of carbonyl (C=O) groups excluding carboxylic acids is 1. The Morgan fingerprint density at radius 1 is 1.32 bits per heavy atom. The molecule has 2 rings (SSSR count). The molecule has 0 radical (unpaired) electrons. The molecule has 7 nitrogen and oxygen atoms in total. The van der Waals surface area contributed by atoms with Crippen LogP contribution in [0, 0.1) is 0 Å². The molecule has 0 spiro atoms. The zero-order valence-electron chi connectivity index (χ0n) is 13.2. The number of phenolic OH excluding ortho intramolecular Hbond substituents is 1. The van der Waals surface area contributed by atoms with Crippen LogP contribution in [0.4, 0.5) is 5.69 Å². The van der Waals surface area contributed by atoms with Gasteiger partial charge in [0.05, 0.1) is 18.5 Å². The fourth-order valence-corrected chi connectivity index (χ4v) is 2.52. The quantitative estimate of drug-likeness (QED) is 0.413. The number of hydrogen-bond donors (Lipinski definition) is 3. The monoisotopic (exact) mass is 403 g/mol. The number of nitrogens with one attached hydrogen (secondary N) is 2. The third-order valence-electron chi connectivity index (χ3n) is 3.27. The van der Waals surface area contributed by atoms with Crippen LogP contribution in [0.1, 0.15) is 23.0 Å². The first-order valence-electron chi connectivity index (χ1n) is 6.83. The van der Waals surface area contributed by atoms with Crippen molar-refractivity contribution in [3.63, 3.8) is 0 Å². The van der Waals surface area contributed by atoms with Crippen molar-refractivity contribution in [2.24, 2.45) is 5.10 Å². The van der Waals surface area contributed by atoms with Crippen molar-refractivity contribution in [1.82, 2.24) is 5.43 Å². The van der Waals surface area contributed by atoms with Crippen molar-refractivity contribution in [1.29, 1.82) is 0 Å². The molecule has 10 heteroatoms. The number of rotatable bonds is 4. The molecule has 0 fully saturated rings. The van der Waals surface area contributed by atoms with Gasteiger partial charge in [0.1, 0.15) is 21.5 Å². The van der Waals surface area contributed by atoms with Gasteiger partial charge in [0.15, 0.2) is 0 Å². The number of anilines is 1. The molecule has 0 aliphatic rings. The number of nitrogens with two attached hydrogens (primary N) is 1. The van der Waals surface area contributed by atoms with E-state index < -0.39 is 5.91 Å². The number of nitrogens with zero attached hydrogens (tertiary/aromatic N) is 1. The van der Waals surface area contributed by atoms with Gasteiger partial charge < -0.3 is 15.6 Å². The van der Waals surface area contributed by atoms with Crippen LogP contribution in [-0.2, 0) is 0 Å². The molecule has 2 aromatic rings. The Morgan fingerprint density at radius 3 is 2.64 bits per heavy atom. The fraction of sp³-hybridized carbons (Fsp3) is 0.133. The molecule has 0 saturated carbocycles. The maximum Gasteiger partial charge on any atom is 0.337 e. The zero-order valence-corrected chi connectivity index (χ0v) is 15.4. The van der Waals surface area contributed by atoms with Gasteiger partial charge in [0.25, 0.3) is 10.8 Å². The molecule has 25 heavy (non-hydrogen) atoms. The second-order valence-corrected chi connectivity index (χ2v) is 6.01. The Labute approximate surface area is 158 Å². The second kappa shape index (κ2) is 7.77. The molecular formula is C15H14Cl3N4O3+. The number of ether oxygens (including phenoxy) is 1. The van der Waals surface area contributed by atoms with Crippen LogP contribution in [0.5, 0.6) is 11.5 Å². The van der Waals surface area contributed by atoms with E-state index in [4.69, 9.17) is 45.3 Å². The molecule has 0 unspecified atom stereocenters. The van der Waals surface area contributed by atoms with Gasteiger partial charge in [0, 0.05) is 5.56 Å². The minimum atomic E-state index is -0.683. The number of H-pyrrole nitrogens is 1. The number of halogens is 3. The molecule has 0 atom stereocenters. The average molecular weight is 405 g/mol. The third kappa shape index (κ3) is 4.07. The number of hydrazone groups is 1. The molecule has 132 valence electrons. The first-order chi connectivity index (χ1) is 11.8. The fourth-order valence-electron chi connectivity index (χ4n) is 1.91. The van der Waals surface area contributed by atoms with Gasteiger partial charge in [-0.2, -0.15) is 10.1 Å². The SMILES string of the molecule is COc1ccc(O)c(/C(C)=N/NC(=O)c2[nH+]c(Cl)c(Cl)c(N)c2Cl)c1. The summed E-state index contributed by atoms with van der Waals surface area (Å²) in [5.74, 6) is -0.168. The lowest BCUT2D eigenvalue weighted by Crippen LogP contribution is -2.29. The van der Waals surface area contributed by atoms with Gasteiger partial charge in [-0.15, -0.1) is 0 Å². The van der Waals surface area contributed by atoms with Crippen molar-refractivity contribution in [2.75, 3.05) is 12.8 Å². The molecule has 5 N–H and O–H groups in total. The van der Waals surface area contributed by atoms with E-state index in [-0.39, 0.29) is 32.3 Å². The van der Waals surface area contributed by atoms with E-state index in [9.17, 15) is 9.90 Å². The van der Waals surface area contributed by atoms with Crippen molar-refractivity contribution in [2.45, 2.75) is 6.92 Å². The van der Waals surface area contributed by atoms with E-state index in [0.717, 1.165) is 0 Å². The standard InChI is InChI=1S/C15H13Cl3N4O3/c1-6(8-5-7(25-2)3-4-9(8)23)21-22-15(24)13-10(16)12(19)11(17)14(18)20-13/h3-5,23H,1-2H3,(H2,19,20)(H,22,24)/p+1/b21-6+. The van der Waals surface area contributed by atoms with E-state index >= 15 is 0 Å². The number of carbonyl (C=O) groups is 1. The van der Waals surface area contributed by atoms with E-state index in [1.54, 1.807) is 19.1 Å². The zero-order chi connectivity index (χ0) is 18.7. The maximum absolute atomic E-state index is 12.2. The van der Waals surface area contributed by atoms with Gasteiger partial charge in [-0.3, -0.25) is 4.79 Å². The molecule has 1 amide bonds. The second-order valence-electron chi connectivity index (χ2n) is 4.88. The van der Waals surface area contributed by atoms with Crippen molar-refractivity contribution >= 4 is 52.1 Å². The largest absolute Gasteiger partial charge is 0.507 e. The molecule has 1 aromatic heterocycles. The minimum Gasteiger partial charge on any atom is -0.507 e. The van der Waals surface area contributed by atoms with Gasteiger partial charge in [-0.1, -0.05) is 23.2 Å². The van der Waals surface area contributed by atoms with Gasteiger partial charge in [0.2, 0.25) is 0 Å². The molecule has 0 saturated heterocycles. The molecule has 1 heterocycles. The highest BCUT2D eigenvalue weighted by atomic mass is 35.5. The normalized spacial score (nSPS) is 11.3. The van der Waals surface area contributed by atoms with Crippen LogP contribution >= 0.6 is 34.8 Å². The number of pyridine rings is 1. The van der Waals surface area contributed by atoms with Gasteiger partial charge >= 0.3 is 5.91 Å². The van der Waals surface area contributed by atoms with Gasteiger partial charge in [-0.05, 0) is 36.7 Å². The summed E-state index contributed by atoms with van der Waals surface area (Å²) in [6.07, 6.45) is 0. The number of nitrogen functional groups attached to an aromatic ring is 1. The Balaban J connectivity index is 2.29. The van der Waals surface area contributed by atoms with E-state index in [2.05, 4.69) is 15.5 Å². The van der Waals surface area contributed by atoms with Gasteiger partial charge in [-0.25, -0.2) is 5.43 Å². The molecule has 0 aliphatic carbocycles. The summed E-state index contributed by atoms with van der Waals surface area (Å²) in [5, 5.41) is 13.8. The highest BCUT2D eigenvalue weighted by Crippen LogP contribution is 2.32. The predicted molar refractivity (Wildman–Crippen MR) is 96.8 cm³/mol. The Bertz CT molecular complexity index is 872. The van der Waals surface area contributed by atoms with Crippen LogP contribution in [0.3, 0.4) is 0 Å². The number of amides is 1. The summed E-state index contributed by atoms with van der Waals surface area (Å²) < 4.78 is 5.09. The number of phenols is 1. The van der Waals surface area contributed by atoms with E-state index in [0.29, 0.717) is 17.0 Å². The highest BCUT2D eigenvalue weighted by Gasteiger charge is 2.26. The number of aromatic amines is 1. The number of methoxy groups -OCH3 is 1.